The Bertz CT molecular complexity index is 712. The maximum absolute atomic E-state index is 6.23. The van der Waals surface area contributed by atoms with Crippen molar-refractivity contribution >= 4 is 67.9 Å². The molecule has 0 aliphatic heterocycles. The van der Waals surface area contributed by atoms with Gasteiger partial charge in [-0.3, -0.25) is 0 Å². The van der Waals surface area contributed by atoms with Crippen LogP contribution in [0.15, 0.2) is 36.4 Å². The van der Waals surface area contributed by atoms with Crippen molar-refractivity contribution in [2.45, 2.75) is 0 Å². The topological polar surface area (TPSA) is 0 Å². The van der Waals surface area contributed by atoms with Gasteiger partial charge in [0.2, 0.25) is 0 Å². The minimum atomic E-state index is 0.297. The monoisotopic (exact) mass is 314 g/mol. The van der Waals surface area contributed by atoms with Gasteiger partial charge in [0.1, 0.15) is 0 Å². The minimum absolute atomic E-state index is 0.297. The molecule has 90 valence electrons. The molecule has 18 heavy (non-hydrogen) atoms. The van der Waals surface area contributed by atoms with Gasteiger partial charge in [0, 0.05) is 10.8 Å². The lowest BCUT2D eigenvalue weighted by molar-refractivity contribution is 1.75. The molecule has 0 N–H and O–H groups in total. The summed E-state index contributed by atoms with van der Waals surface area (Å²) >= 11 is 24.6. The van der Waals surface area contributed by atoms with Crippen LogP contribution in [0.2, 0.25) is 20.1 Å². The molecule has 0 aromatic heterocycles. The van der Waals surface area contributed by atoms with Gasteiger partial charge in [-0.15, -0.1) is 0 Å². The predicted molar refractivity (Wildman–Crippen MR) is 81.5 cm³/mol. The number of hydrogen-bond acceptors (Lipinski definition) is 0. The summed E-state index contributed by atoms with van der Waals surface area (Å²) in [5, 5.41) is 5.27. The summed E-state index contributed by atoms with van der Waals surface area (Å²) < 4.78 is 0. The van der Waals surface area contributed by atoms with Crippen molar-refractivity contribution in [3.05, 3.63) is 56.5 Å². The molecule has 3 aromatic rings. The van der Waals surface area contributed by atoms with E-state index in [1.807, 2.05) is 36.4 Å². The Morgan fingerprint density at radius 3 is 1.33 bits per heavy atom. The van der Waals surface area contributed by atoms with Gasteiger partial charge in [0.25, 0.3) is 0 Å². The van der Waals surface area contributed by atoms with E-state index in [1.165, 1.54) is 0 Å². The average molecular weight is 316 g/mol. The van der Waals surface area contributed by atoms with Crippen molar-refractivity contribution in [3.8, 4) is 0 Å². The molecule has 0 saturated heterocycles. The molecule has 4 heteroatoms. The molecule has 3 aromatic carbocycles. The van der Waals surface area contributed by atoms with Gasteiger partial charge in [-0.25, -0.2) is 0 Å². The smallest absolute Gasteiger partial charge is 0.0800 e. The van der Waals surface area contributed by atoms with Crippen LogP contribution in [0.4, 0.5) is 0 Å². The van der Waals surface area contributed by atoms with Gasteiger partial charge < -0.3 is 0 Å². The lowest BCUT2D eigenvalue weighted by atomic mass is 10.0. The lowest BCUT2D eigenvalue weighted by Gasteiger charge is -2.09. The molecule has 0 atom stereocenters. The van der Waals surface area contributed by atoms with Crippen molar-refractivity contribution in [1.29, 1.82) is 0 Å². The van der Waals surface area contributed by atoms with Crippen LogP contribution >= 0.6 is 46.4 Å². The van der Waals surface area contributed by atoms with E-state index < -0.39 is 0 Å². The third-order valence-corrected chi connectivity index (χ3v) is 4.77. The summed E-state index contributed by atoms with van der Waals surface area (Å²) in [5.74, 6) is 0. The fourth-order valence-electron chi connectivity index (χ4n) is 2.03. The highest BCUT2D eigenvalue weighted by molar-refractivity contribution is 6.55. The standard InChI is InChI=1S/C14H6Cl4/c15-11-9-5-7-3-1-2-4-8(7)6-10(9)12(16)14(18)13(11)17/h1-6H. The van der Waals surface area contributed by atoms with E-state index in [0.29, 0.717) is 20.1 Å². The summed E-state index contributed by atoms with van der Waals surface area (Å²) in [6.45, 7) is 0. The quantitative estimate of drug-likeness (QED) is 0.249. The zero-order valence-corrected chi connectivity index (χ0v) is 12.0. The zero-order chi connectivity index (χ0) is 12.9. The Hall–Kier alpha value is -0.660. The normalized spacial score (nSPS) is 11.3. The second-order valence-corrected chi connectivity index (χ2v) is 5.51. The molecule has 3 rings (SSSR count). The Balaban J connectivity index is 2.58. The van der Waals surface area contributed by atoms with E-state index in [4.69, 9.17) is 46.4 Å². The van der Waals surface area contributed by atoms with Crippen LogP contribution in [-0.2, 0) is 0 Å². The maximum atomic E-state index is 6.23. The molecule has 0 unspecified atom stereocenters. The number of benzene rings is 3. The molecule has 0 amide bonds. The van der Waals surface area contributed by atoms with Crippen LogP contribution in [0, 0.1) is 0 Å². The van der Waals surface area contributed by atoms with Crippen LogP contribution < -0.4 is 0 Å². The van der Waals surface area contributed by atoms with E-state index in [1.54, 1.807) is 0 Å². The summed E-state index contributed by atoms with van der Waals surface area (Å²) in [6.07, 6.45) is 0. The average Bonchev–Trinajstić information content (AvgIpc) is 2.41. The summed E-state index contributed by atoms with van der Waals surface area (Å²) in [7, 11) is 0. The third-order valence-electron chi connectivity index (χ3n) is 2.94. The van der Waals surface area contributed by atoms with Crippen LogP contribution in [0.25, 0.3) is 21.5 Å². The first-order valence-electron chi connectivity index (χ1n) is 5.24. The van der Waals surface area contributed by atoms with Crippen molar-refractivity contribution in [2.75, 3.05) is 0 Å². The van der Waals surface area contributed by atoms with Gasteiger partial charge in [-0.05, 0) is 22.9 Å². The van der Waals surface area contributed by atoms with E-state index >= 15 is 0 Å². The highest BCUT2D eigenvalue weighted by atomic mass is 35.5. The van der Waals surface area contributed by atoms with Crippen molar-refractivity contribution in [3.63, 3.8) is 0 Å². The van der Waals surface area contributed by atoms with Gasteiger partial charge in [-0.1, -0.05) is 70.7 Å². The molecule has 0 spiro atoms. The van der Waals surface area contributed by atoms with E-state index in [0.717, 1.165) is 21.5 Å². The van der Waals surface area contributed by atoms with Crippen molar-refractivity contribution in [1.82, 2.24) is 0 Å². The van der Waals surface area contributed by atoms with E-state index in [-0.39, 0.29) is 0 Å². The molecule has 0 aliphatic rings. The number of rotatable bonds is 0. The van der Waals surface area contributed by atoms with Crippen LogP contribution in [0.5, 0.6) is 0 Å². The van der Waals surface area contributed by atoms with Gasteiger partial charge in [0.05, 0.1) is 20.1 Å². The molecule has 0 radical (unpaired) electrons. The highest BCUT2D eigenvalue weighted by Gasteiger charge is 2.15. The van der Waals surface area contributed by atoms with Crippen LogP contribution in [0.1, 0.15) is 0 Å². The minimum Gasteiger partial charge on any atom is -0.0820 e. The van der Waals surface area contributed by atoms with Gasteiger partial charge in [-0.2, -0.15) is 0 Å². The fraction of sp³-hybridized carbons (Fsp3) is 0. The summed E-state index contributed by atoms with van der Waals surface area (Å²) in [5.41, 5.74) is 0. The molecule has 0 bridgehead atoms. The molecule has 0 fully saturated rings. The third kappa shape index (κ3) is 1.76. The Morgan fingerprint density at radius 1 is 0.556 bits per heavy atom. The first-order valence-corrected chi connectivity index (χ1v) is 6.75. The van der Waals surface area contributed by atoms with Crippen LogP contribution in [-0.4, -0.2) is 0 Å². The molecular weight excluding hydrogens is 310 g/mol. The Kier molecular flexibility index (Phi) is 3.07. The Labute approximate surface area is 124 Å². The first-order chi connectivity index (χ1) is 8.59. The fourth-order valence-corrected chi connectivity index (χ4v) is 3.02. The zero-order valence-electron chi connectivity index (χ0n) is 8.98. The van der Waals surface area contributed by atoms with E-state index in [9.17, 15) is 0 Å². The predicted octanol–water partition coefficient (Wildman–Crippen LogP) is 6.61. The van der Waals surface area contributed by atoms with Crippen LogP contribution in [0.3, 0.4) is 0 Å². The largest absolute Gasteiger partial charge is 0.0820 e. The molecule has 0 aliphatic carbocycles. The second-order valence-electron chi connectivity index (χ2n) is 4.00. The Morgan fingerprint density at radius 2 is 0.944 bits per heavy atom. The highest BCUT2D eigenvalue weighted by Crippen LogP contribution is 2.43. The van der Waals surface area contributed by atoms with Gasteiger partial charge >= 0.3 is 0 Å². The maximum Gasteiger partial charge on any atom is 0.0800 e. The first kappa shape index (κ1) is 12.4. The molecular formula is C14H6Cl4. The van der Waals surface area contributed by atoms with Crippen molar-refractivity contribution < 1.29 is 0 Å². The summed E-state index contributed by atoms with van der Waals surface area (Å²) in [6, 6.07) is 11.9. The van der Waals surface area contributed by atoms with E-state index in [2.05, 4.69) is 0 Å². The number of fused-ring (bicyclic) bond motifs is 2. The van der Waals surface area contributed by atoms with Crippen molar-refractivity contribution in [2.24, 2.45) is 0 Å². The SMILES string of the molecule is Clc1c(Cl)c(Cl)c2cc3ccccc3cc2c1Cl. The lowest BCUT2D eigenvalue weighted by Crippen LogP contribution is -1.83. The summed E-state index contributed by atoms with van der Waals surface area (Å²) in [4.78, 5) is 0. The second kappa shape index (κ2) is 4.47. The molecule has 0 nitrogen and oxygen atoms in total. The molecule has 0 heterocycles. The van der Waals surface area contributed by atoms with Gasteiger partial charge in [0.15, 0.2) is 0 Å². The number of hydrogen-bond donors (Lipinski definition) is 0. The molecule has 0 saturated carbocycles. The number of halogens is 4.